The van der Waals surface area contributed by atoms with E-state index in [9.17, 15) is 19.2 Å². The molecule has 34 heavy (non-hydrogen) atoms. The van der Waals surface area contributed by atoms with Gasteiger partial charge in [0.05, 0.1) is 23.1 Å². The van der Waals surface area contributed by atoms with Crippen LogP contribution in [0.2, 0.25) is 0 Å². The fraction of sp³-hybridized carbons (Fsp3) is 0.385. The lowest BCUT2D eigenvalue weighted by molar-refractivity contribution is -0.123. The van der Waals surface area contributed by atoms with E-state index < -0.39 is 5.97 Å². The number of halogens is 2. The Hall–Kier alpha value is -2.32. The average Bonchev–Trinajstić information content (AvgIpc) is 3.43. The van der Waals surface area contributed by atoms with E-state index >= 15 is 0 Å². The number of Topliss-reactive ketones (excluding diaryl/α,β-unsaturated/α-hetero) is 1. The van der Waals surface area contributed by atoms with Crippen LogP contribution in [-0.2, 0) is 14.3 Å². The van der Waals surface area contributed by atoms with Gasteiger partial charge in [0.25, 0.3) is 0 Å². The molecule has 2 amide bonds. The summed E-state index contributed by atoms with van der Waals surface area (Å²) in [7, 11) is 0. The predicted molar refractivity (Wildman–Crippen MR) is 133 cm³/mol. The molecule has 2 saturated carbocycles. The Morgan fingerprint density at radius 1 is 0.912 bits per heavy atom. The largest absolute Gasteiger partial charge is 0.454 e. The minimum atomic E-state index is -0.681. The van der Waals surface area contributed by atoms with Gasteiger partial charge < -0.3 is 4.74 Å². The molecule has 0 radical (unpaired) electrons. The van der Waals surface area contributed by atoms with E-state index in [-0.39, 0.29) is 63.1 Å². The Morgan fingerprint density at radius 3 is 2.18 bits per heavy atom. The van der Waals surface area contributed by atoms with Crippen LogP contribution in [0.15, 0.2) is 42.5 Å². The molecule has 0 unspecified atom stereocenters. The summed E-state index contributed by atoms with van der Waals surface area (Å²) in [5, 5.41) is 0. The second kappa shape index (κ2) is 8.72. The fourth-order valence-electron chi connectivity index (χ4n) is 5.59. The Kier molecular flexibility index (Phi) is 6.01. The zero-order valence-corrected chi connectivity index (χ0v) is 21.8. The van der Waals surface area contributed by atoms with Crippen molar-refractivity contribution < 1.29 is 23.9 Å². The first kappa shape index (κ1) is 23.4. The number of anilines is 1. The molecule has 3 aliphatic rings. The molecule has 6 atom stereocenters. The third kappa shape index (κ3) is 3.66. The number of hydrogen-bond acceptors (Lipinski definition) is 5. The molecule has 3 fully saturated rings. The minimum Gasteiger partial charge on any atom is -0.454 e. The standard InChI is InChI=1S/C26H23Br2NO5/c1-12-6-7-14(8-13(12)2)19(30)11-34-26(33)15-4-3-5-16(9-15)29-24(31)20-17-10-18(21(20)25(29)32)23(28)22(17)27/h3-9,17-18,20-23H,10-11H2,1-2H3/t17-,18-,20-,21+,22+,23+/m1/s1. The van der Waals surface area contributed by atoms with Crippen LogP contribution < -0.4 is 4.90 Å². The highest BCUT2D eigenvalue weighted by molar-refractivity contribution is 9.12. The van der Waals surface area contributed by atoms with Crippen LogP contribution in [0.3, 0.4) is 0 Å². The lowest BCUT2D eigenvalue weighted by Gasteiger charge is -2.28. The highest BCUT2D eigenvalue weighted by Gasteiger charge is 2.66. The lowest BCUT2D eigenvalue weighted by atomic mass is 9.81. The average molecular weight is 589 g/mol. The monoisotopic (exact) mass is 587 g/mol. The number of aryl methyl sites for hydroxylation is 2. The van der Waals surface area contributed by atoms with E-state index in [4.69, 9.17) is 4.74 Å². The van der Waals surface area contributed by atoms with E-state index in [1.54, 1.807) is 30.3 Å². The molecule has 2 aliphatic carbocycles. The molecule has 2 aromatic rings. The van der Waals surface area contributed by atoms with E-state index in [2.05, 4.69) is 31.9 Å². The maximum Gasteiger partial charge on any atom is 0.338 e. The Balaban J connectivity index is 1.30. The molecule has 2 bridgehead atoms. The van der Waals surface area contributed by atoms with Gasteiger partial charge in [-0.1, -0.05) is 50.1 Å². The predicted octanol–water partition coefficient (Wildman–Crippen LogP) is 4.63. The van der Waals surface area contributed by atoms with Crippen LogP contribution in [0, 0.1) is 37.5 Å². The smallest absolute Gasteiger partial charge is 0.338 e. The number of rotatable bonds is 5. The third-order valence-electron chi connectivity index (χ3n) is 7.49. The first-order valence-corrected chi connectivity index (χ1v) is 13.1. The Morgan fingerprint density at radius 2 is 1.56 bits per heavy atom. The normalized spacial score (nSPS) is 29.5. The number of carbonyl (C=O) groups is 4. The van der Waals surface area contributed by atoms with Crippen molar-refractivity contribution in [1.29, 1.82) is 0 Å². The van der Waals surface area contributed by atoms with Crippen molar-refractivity contribution in [3.05, 3.63) is 64.7 Å². The van der Waals surface area contributed by atoms with Gasteiger partial charge in [0, 0.05) is 15.2 Å². The second-order valence-electron chi connectivity index (χ2n) is 9.36. The number of fused-ring (bicyclic) bond motifs is 5. The van der Waals surface area contributed by atoms with Crippen LogP contribution in [-0.4, -0.2) is 39.8 Å². The lowest BCUT2D eigenvalue weighted by Crippen LogP contribution is -2.37. The highest BCUT2D eigenvalue weighted by Crippen LogP contribution is 2.60. The van der Waals surface area contributed by atoms with Gasteiger partial charge in [0.1, 0.15) is 0 Å². The van der Waals surface area contributed by atoms with Crippen molar-refractivity contribution >= 4 is 61.1 Å². The van der Waals surface area contributed by atoms with Gasteiger partial charge in [-0.2, -0.15) is 0 Å². The highest BCUT2D eigenvalue weighted by atomic mass is 79.9. The van der Waals surface area contributed by atoms with Gasteiger partial charge in [0.2, 0.25) is 11.8 Å². The van der Waals surface area contributed by atoms with Crippen molar-refractivity contribution in [2.45, 2.75) is 29.9 Å². The molecule has 8 heteroatoms. The van der Waals surface area contributed by atoms with Crippen LogP contribution in [0.5, 0.6) is 0 Å². The number of nitrogens with zero attached hydrogens (tertiary/aromatic N) is 1. The molecule has 0 N–H and O–H groups in total. The summed E-state index contributed by atoms with van der Waals surface area (Å²) in [5.74, 6) is -1.82. The van der Waals surface area contributed by atoms with Gasteiger partial charge in [-0.05, 0) is 67.5 Å². The van der Waals surface area contributed by atoms with E-state index in [1.165, 1.54) is 11.0 Å². The van der Waals surface area contributed by atoms with Gasteiger partial charge in [-0.25, -0.2) is 4.79 Å². The molecule has 1 aliphatic heterocycles. The van der Waals surface area contributed by atoms with Crippen molar-refractivity contribution in [2.24, 2.45) is 23.7 Å². The summed E-state index contributed by atoms with van der Waals surface area (Å²) < 4.78 is 5.24. The number of benzene rings is 2. The summed E-state index contributed by atoms with van der Waals surface area (Å²) in [6.45, 7) is 3.49. The third-order valence-corrected chi connectivity index (χ3v) is 10.7. The van der Waals surface area contributed by atoms with Gasteiger partial charge in [-0.3, -0.25) is 19.3 Å². The van der Waals surface area contributed by atoms with Crippen LogP contribution in [0.1, 0.15) is 38.3 Å². The Labute approximate surface area is 214 Å². The molecule has 2 aromatic carbocycles. The zero-order valence-electron chi connectivity index (χ0n) is 18.7. The fourth-order valence-corrected chi connectivity index (χ4v) is 7.46. The summed E-state index contributed by atoms with van der Waals surface area (Å²) in [6, 6.07) is 11.6. The molecule has 1 heterocycles. The molecule has 5 rings (SSSR count). The van der Waals surface area contributed by atoms with Crippen LogP contribution in [0.25, 0.3) is 0 Å². The van der Waals surface area contributed by atoms with Gasteiger partial charge >= 0.3 is 5.97 Å². The number of amides is 2. The maximum absolute atomic E-state index is 13.3. The van der Waals surface area contributed by atoms with Gasteiger partial charge in [-0.15, -0.1) is 0 Å². The molecule has 176 valence electrons. The quantitative estimate of drug-likeness (QED) is 0.220. The van der Waals surface area contributed by atoms with Crippen molar-refractivity contribution in [1.82, 2.24) is 0 Å². The topological polar surface area (TPSA) is 80.8 Å². The number of ether oxygens (including phenoxy) is 1. The number of alkyl halides is 2. The first-order valence-electron chi connectivity index (χ1n) is 11.2. The summed E-state index contributed by atoms with van der Waals surface area (Å²) in [4.78, 5) is 53.1. The maximum atomic E-state index is 13.3. The summed E-state index contributed by atoms with van der Waals surface area (Å²) >= 11 is 7.37. The number of ketones is 1. The van der Waals surface area contributed by atoms with Crippen molar-refractivity contribution in [3.8, 4) is 0 Å². The number of carbonyl (C=O) groups excluding carboxylic acids is 4. The van der Waals surface area contributed by atoms with Crippen LogP contribution in [0.4, 0.5) is 5.69 Å². The minimum absolute atomic E-state index is 0.116. The summed E-state index contributed by atoms with van der Waals surface area (Å²) in [6.07, 6.45) is 0.855. The number of hydrogen-bond donors (Lipinski definition) is 0. The van der Waals surface area contributed by atoms with Crippen LogP contribution >= 0.6 is 31.9 Å². The SMILES string of the molecule is Cc1ccc(C(=O)COC(=O)c2cccc(N3C(=O)[C@@H]4[C@H]5C[C@@H]([C@H](Br)[C@H]5Br)[C@@H]4C3=O)c2)cc1C. The van der Waals surface area contributed by atoms with Crippen molar-refractivity contribution in [2.75, 3.05) is 11.5 Å². The van der Waals surface area contributed by atoms with Crippen molar-refractivity contribution in [3.63, 3.8) is 0 Å². The van der Waals surface area contributed by atoms with E-state index in [0.717, 1.165) is 17.5 Å². The summed E-state index contributed by atoms with van der Waals surface area (Å²) in [5.41, 5.74) is 3.08. The molecule has 0 spiro atoms. The Bertz CT molecular complexity index is 1200. The second-order valence-corrected chi connectivity index (χ2v) is 11.5. The molecular weight excluding hydrogens is 566 g/mol. The van der Waals surface area contributed by atoms with E-state index in [0.29, 0.717) is 11.3 Å². The number of imide groups is 1. The molecule has 0 aromatic heterocycles. The molecule has 6 nitrogen and oxygen atoms in total. The molecular formula is C26H23Br2NO5. The number of esters is 1. The molecule has 1 saturated heterocycles. The van der Waals surface area contributed by atoms with E-state index in [1.807, 2.05) is 19.9 Å². The first-order chi connectivity index (χ1) is 16.2. The zero-order chi connectivity index (χ0) is 24.3. The van der Waals surface area contributed by atoms with Gasteiger partial charge in [0.15, 0.2) is 12.4 Å².